The predicted molar refractivity (Wildman–Crippen MR) is 66.4 cm³/mol. The van der Waals surface area contributed by atoms with Gasteiger partial charge in [0.05, 0.1) is 12.3 Å². The van der Waals surface area contributed by atoms with Crippen LogP contribution < -0.4 is 5.32 Å². The Bertz CT molecular complexity index is 471. The van der Waals surface area contributed by atoms with E-state index in [0.29, 0.717) is 25.3 Å². The molecule has 2 N–H and O–H groups in total. The molecule has 19 heavy (non-hydrogen) atoms. The molecule has 0 radical (unpaired) electrons. The quantitative estimate of drug-likeness (QED) is 0.798. The van der Waals surface area contributed by atoms with Gasteiger partial charge in [-0.1, -0.05) is 6.92 Å². The number of carbonyl (C=O) groups excluding carboxylic acids is 2. The first-order valence-electron chi connectivity index (χ1n) is 6.22. The first kappa shape index (κ1) is 13.5. The normalized spacial score (nSPS) is 22.2. The van der Waals surface area contributed by atoms with Gasteiger partial charge in [-0.15, -0.1) is 0 Å². The summed E-state index contributed by atoms with van der Waals surface area (Å²) in [6.07, 6.45) is 0.572. The molecule has 104 valence electrons. The van der Waals surface area contributed by atoms with Crippen molar-refractivity contribution in [3.8, 4) is 0 Å². The Hall–Kier alpha value is -1.89. The molecule has 0 saturated carbocycles. The second-order valence-corrected chi connectivity index (χ2v) is 4.40. The number of nitrogens with one attached hydrogen (secondary N) is 2. The third kappa shape index (κ3) is 3.54. The van der Waals surface area contributed by atoms with Gasteiger partial charge in [0.1, 0.15) is 12.2 Å². The number of hydrogen-bond donors (Lipinski definition) is 2. The summed E-state index contributed by atoms with van der Waals surface area (Å²) in [4.78, 5) is 22.1. The molecule has 2 unspecified atom stereocenters. The topological polar surface area (TPSA) is 93.3 Å². The molecule has 7 heteroatoms. The summed E-state index contributed by atoms with van der Waals surface area (Å²) in [5, 5.41) is 9.47. The fraction of sp³-hybridized carbons (Fsp3) is 0.583. The van der Waals surface area contributed by atoms with Crippen molar-refractivity contribution in [2.45, 2.75) is 38.9 Å². The molecular weight excluding hydrogens is 250 g/mol. The lowest BCUT2D eigenvalue weighted by atomic mass is 10.1. The maximum absolute atomic E-state index is 11.2. The van der Waals surface area contributed by atoms with Crippen LogP contribution in [0.5, 0.6) is 0 Å². The molecule has 0 bridgehead atoms. The Morgan fingerprint density at radius 1 is 1.63 bits per heavy atom. The van der Waals surface area contributed by atoms with Gasteiger partial charge < -0.3 is 14.8 Å². The lowest BCUT2D eigenvalue weighted by Crippen LogP contribution is -2.15. The first-order valence-corrected chi connectivity index (χ1v) is 6.22. The number of ether oxygens (including phenoxy) is 2. The molecule has 1 aromatic heterocycles. The van der Waals surface area contributed by atoms with Crippen LogP contribution in [0.4, 0.5) is 5.82 Å². The number of anilines is 1. The van der Waals surface area contributed by atoms with Crippen LogP contribution in [-0.2, 0) is 19.1 Å². The summed E-state index contributed by atoms with van der Waals surface area (Å²) in [7, 11) is 0. The average molecular weight is 267 g/mol. The van der Waals surface area contributed by atoms with E-state index in [0.717, 1.165) is 5.69 Å². The van der Waals surface area contributed by atoms with Crippen molar-refractivity contribution >= 4 is 17.7 Å². The van der Waals surface area contributed by atoms with E-state index in [4.69, 9.17) is 9.47 Å². The monoisotopic (exact) mass is 267 g/mol. The highest BCUT2D eigenvalue weighted by Gasteiger charge is 2.30. The van der Waals surface area contributed by atoms with E-state index in [1.807, 2.05) is 0 Å². The molecule has 1 aromatic rings. The molecule has 1 aliphatic rings. The minimum Gasteiger partial charge on any atom is -0.460 e. The zero-order chi connectivity index (χ0) is 13.8. The number of aromatic amines is 1. The Labute approximate surface area is 110 Å². The zero-order valence-electron chi connectivity index (χ0n) is 10.9. The van der Waals surface area contributed by atoms with Crippen molar-refractivity contribution in [1.82, 2.24) is 10.2 Å². The predicted octanol–water partition coefficient (Wildman–Crippen LogP) is 1.15. The lowest BCUT2D eigenvalue weighted by molar-refractivity contribution is -0.146. The summed E-state index contributed by atoms with van der Waals surface area (Å²) in [5.41, 5.74) is 0.765. The fourth-order valence-corrected chi connectivity index (χ4v) is 1.93. The van der Waals surface area contributed by atoms with Gasteiger partial charge in [0.15, 0.2) is 5.82 Å². The molecule has 0 spiro atoms. The van der Waals surface area contributed by atoms with Gasteiger partial charge in [0.2, 0.25) is 5.91 Å². The Morgan fingerprint density at radius 2 is 2.42 bits per heavy atom. The van der Waals surface area contributed by atoms with E-state index in [1.165, 1.54) is 6.92 Å². The van der Waals surface area contributed by atoms with E-state index in [9.17, 15) is 9.59 Å². The van der Waals surface area contributed by atoms with Crippen molar-refractivity contribution < 1.29 is 19.1 Å². The zero-order valence-corrected chi connectivity index (χ0v) is 10.9. The molecule has 1 fully saturated rings. The summed E-state index contributed by atoms with van der Waals surface area (Å²) in [5.74, 6) is 0.0688. The second-order valence-electron chi connectivity index (χ2n) is 4.40. The molecule has 1 saturated heterocycles. The van der Waals surface area contributed by atoms with Crippen LogP contribution in [0, 0.1) is 0 Å². The standard InChI is InChI=1S/C12H17N3O4/c1-3-12(17)13-11-5-9(14-15-11)10-4-8(6-18-10)19-7(2)16/h5,8,10H,3-4,6H2,1-2H3,(H2,13,14,15,17). The van der Waals surface area contributed by atoms with Crippen molar-refractivity contribution in [3.63, 3.8) is 0 Å². The smallest absolute Gasteiger partial charge is 0.302 e. The summed E-state index contributed by atoms with van der Waals surface area (Å²) >= 11 is 0. The van der Waals surface area contributed by atoms with Crippen LogP contribution in [0.1, 0.15) is 38.5 Å². The Morgan fingerprint density at radius 3 is 3.11 bits per heavy atom. The molecule has 0 aliphatic carbocycles. The van der Waals surface area contributed by atoms with Crippen LogP contribution in [0.2, 0.25) is 0 Å². The fourth-order valence-electron chi connectivity index (χ4n) is 1.93. The van der Waals surface area contributed by atoms with Crippen LogP contribution >= 0.6 is 0 Å². The van der Waals surface area contributed by atoms with E-state index in [-0.39, 0.29) is 24.1 Å². The van der Waals surface area contributed by atoms with Gasteiger partial charge in [-0.05, 0) is 0 Å². The molecular formula is C12H17N3O4. The SMILES string of the molecule is CCC(=O)Nc1cc(C2CC(OC(C)=O)CO2)[nH]n1. The second kappa shape index (κ2) is 5.83. The highest BCUT2D eigenvalue weighted by Crippen LogP contribution is 2.30. The Balaban J connectivity index is 1.93. The van der Waals surface area contributed by atoms with Crippen molar-refractivity contribution in [2.24, 2.45) is 0 Å². The van der Waals surface area contributed by atoms with E-state index in [1.54, 1.807) is 13.0 Å². The number of H-pyrrole nitrogens is 1. The summed E-state index contributed by atoms with van der Waals surface area (Å²) in [6, 6.07) is 1.73. The van der Waals surface area contributed by atoms with Crippen LogP contribution in [0.25, 0.3) is 0 Å². The van der Waals surface area contributed by atoms with Crippen LogP contribution in [0.3, 0.4) is 0 Å². The number of rotatable bonds is 4. The minimum absolute atomic E-state index is 0.0943. The third-order valence-electron chi connectivity index (χ3n) is 2.83. The van der Waals surface area contributed by atoms with Gasteiger partial charge in [0, 0.05) is 25.8 Å². The molecule has 1 amide bonds. The molecule has 2 heterocycles. The number of esters is 1. The van der Waals surface area contributed by atoms with Gasteiger partial charge >= 0.3 is 5.97 Å². The third-order valence-corrected chi connectivity index (χ3v) is 2.83. The maximum atomic E-state index is 11.2. The van der Waals surface area contributed by atoms with Gasteiger partial charge in [-0.2, -0.15) is 5.10 Å². The Kier molecular flexibility index (Phi) is 4.16. The average Bonchev–Trinajstić information content (AvgIpc) is 2.97. The molecule has 0 aromatic carbocycles. The van der Waals surface area contributed by atoms with E-state index in [2.05, 4.69) is 15.5 Å². The minimum atomic E-state index is -0.310. The maximum Gasteiger partial charge on any atom is 0.302 e. The van der Waals surface area contributed by atoms with Crippen molar-refractivity contribution in [3.05, 3.63) is 11.8 Å². The highest BCUT2D eigenvalue weighted by molar-refractivity contribution is 5.89. The molecule has 2 rings (SSSR count). The van der Waals surface area contributed by atoms with Gasteiger partial charge in [0.25, 0.3) is 0 Å². The molecule has 1 aliphatic heterocycles. The van der Waals surface area contributed by atoms with E-state index < -0.39 is 0 Å². The van der Waals surface area contributed by atoms with E-state index >= 15 is 0 Å². The number of amides is 1. The van der Waals surface area contributed by atoms with Crippen molar-refractivity contribution in [2.75, 3.05) is 11.9 Å². The van der Waals surface area contributed by atoms with Gasteiger partial charge in [-0.25, -0.2) is 0 Å². The molecule has 7 nitrogen and oxygen atoms in total. The first-order chi connectivity index (χ1) is 9.08. The number of carbonyl (C=O) groups is 2. The highest BCUT2D eigenvalue weighted by atomic mass is 16.6. The summed E-state index contributed by atoms with van der Waals surface area (Å²) < 4.78 is 10.6. The largest absolute Gasteiger partial charge is 0.460 e. The van der Waals surface area contributed by atoms with Crippen molar-refractivity contribution in [1.29, 1.82) is 0 Å². The number of hydrogen-bond acceptors (Lipinski definition) is 5. The number of aromatic nitrogens is 2. The summed E-state index contributed by atoms with van der Waals surface area (Å²) in [6.45, 7) is 3.52. The lowest BCUT2D eigenvalue weighted by Gasteiger charge is -2.07. The molecule has 2 atom stereocenters. The van der Waals surface area contributed by atoms with Crippen LogP contribution in [0.15, 0.2) is 6.07 Å². The van der Waals surface area contributed by atoms with Crippen LogP contribution in [-0.4, -0.2) is 34.8 Å². The number of nitrogens with zero attached hydrogens (tertiary/aromatic N) is 1. The van der Waals surface area contributed by atoms with Gasteiger partial charge in [-0.3, -0.25) is 14.7 Å².